The fourth-order valence-corrected chi connectivity index (χ4v) is 12.9. The summed E-state index contributed by atoms with van der Waals surface area (Å²) in [4.78, 5) is 60.4. The van der Waals surface area contributed by atoms with Gasteiger partial charge in [-0.2, -0.15) is 0 Å². The zero-order valence-corrected chi connectivity index (χ0v) is 53.6. The van der Waals surface area contributed by atoms with Crippen molar-refractivity contribution in [2.24, 2.45) is 15.5 Å². The molecule has 0 saturated carbocycles. The number of oxime groups is 3. The third-order valence-corrected chi connectivity index (χ3v) is 17.9. The lowest BCUT2D eigenvalue weighted by Crippen LogP contribution is -2.42. The maximum Gasteiger partial charge on any atom is 0.170 e. The van der Waals surface area contributed by atoms with Gasteiger partial charge in [-0.25, -0.2) is 0 Å². The van der Waals surface area contributed by atoms with Crippen LogP contribution < -0.4 is 16.0 Å². The Balaban J connectivity index is 0.000000135. The average Bonchev–Trinajstić information content (AvgIpc) is 2.06. The van der Waals surface area contributed by atoms with Gasteiger partial charge in [0.25, 0.3) is 0 Å². The van der Waals surface area contributed by atoms with E-state index in [-0.39, 0.29) is 17.3 Å². The highest BCUT2D eigenvalue weighted by atomic mass is 79.9. The van der Waals surface area contributed by atoms with Gasteiger partial charge in [0.2, 0.25) is 0 Å². The summed E-state index contributed by atoms with van der Waals surface area (Å²) < 4.78 is 2.87. The first-order valence-electron chi connectivity index (χ1n) is 29.7. The normalized spacial score (nSPS) is 20.4. The lowest BCUT2D eigenvalue weighted by molar-refractivity contribution is -0.113. The number of nitrogens with zero attached hydrogens (tertiary/aromatic N) is 5. The predicted molar refractivity (Wildman–Crippen MR) is 355 cm³/mol. The van der Waals surface area contributed by atoms with Crippen LogP contribution in [0.5, 0.6) is 0 Å². The van der Waals surface area contributed by atoms with E-state index in [0.29, 0.717) is 79.0 Å². The predicted octanol–water partition coefficient (Wildman–Crippen LogP) is 14.4. The number of para-hydroxylation sites is 3. The lowest BCUT2D eigenvalue weighted by atomic mass is 10.0. The Hall–Kier alpha value is -7.28. The number of nitrogens with one attached hydrogen (secondary N) is 3. The molecule has 13 rings (SSSR count). The largest absolute Gasteiger partial charge is 0.395 e. The number of rotatable bonds is 14. The van der Waals surface area contributed by atoms with Gasteiger partial charge in [-0.15, -0.1) is 0 Å². The van der Waals surface area contributed by atoms with Gasteiger partial charge in [-0.3, -0.25) is 19.3 Å². The number of piperidine rings is 1. The fourth-order valence-electron chi connectivity index (χ4n) is 11.9. The monoisotopic (exact) mass is 1340 g/mol. The van der Waals surface area contributed by atoms with E-state index in [4.69, 9.17) is 14.5 Å². The summed E-state index contributed by atoms with van der Waals surface area (Å²) in [5, 5.41) is 23.6. The van der Waals surface area contributed by atoms with E-state index >= 15 is 0 Å². The second-order valence-corrected chi connectivity index (χ2v) is 25.1. The molecule has 0 aromatic heterocycles. The molecule has 0 bridgehead atoms. The third kappa shape index (κ3) is 13.2. The molecular formula is C69H69Br3N8O6. The smallest absolute Gasteiger partial charge is 0.170 e. The molecule has 1 fully saturated rings. The minimum atomic E-state index is 0.106. The van der Waals surface area contributed by atoms with E-state index < -0.39 is 0 Å². The molecule has 1 saturated heterocycles. The fraction of sp³-hybridized carbons (Fsp3) is 0.304. The quantitative estimate of drug-likeness (QED) is 0.0541. The van der Waals surface area contributed by atoms with Crippen LogP contribution in [0.15, 0.2) is 173 Å². The van der Waals surface area contributed by atoms with E-state index in [2.05, 4.69) is 117 Å². The van der Waals surface area contributed by atoms with Crippen molar-refractivity contribution in [3.05, 3.63) is 208 Å². The van der Waals surface area contributed by atoms with Crippen LogP contribution >= 0.6 is 47.8 Å². The highest BCUT2D eigenvalue weighted by Crippen LogP contribution is 2.43. The van der Waals surface area contributed by atoms with Crippen molar-refractivity contribution < 1.29 is 28.9 Å². The Kier molecular flexibility index (Phi) is 19.4. The summed E-state index contributed by atoms with van der Waals surface area (Å²) >= 11 is 10.6. The molecule has 0 spiro atoms. The van der Waals surface area contributed by atoms with Crippen LogP contribution in [0.3, 0.4) is 0 Å². The number of unbranched alkanes of at least 4 members (excludes halogenated alkanes) is 3. The highest BCUT2D eigenvalue weighted by Gasteiger charge is 2.37. The second kappa shape index (κ2) is 27.6. The van der Waals surface area contributed by atoms with Gasteiger partial charge >= 0.3 is 0 Å². The van der Waals surface area contributed by atoms with Crippen LogP contribution in [-0.2, 0) is 48.2 Å². The molecule has 17 heteroatoms. The Morgan fingerprint density at radius 3 is 1.21 bits per heavy atom. The SMILES string of the molecule is CCCCCO/N=C1/C(=C2/C(=O)Cc3ccc(Br)cc32)Nc2ccccc21.CCCCO/N=C1/C(=C2/C(=O)Cc3ccc(Br)cc32)Nc2ccccc21.CN(C)C1CCN(CCO/N=C2/C(=C3/C(=O)Cc4ccc(Br)cc43)Nc3ccccc32)CC1. The molecule has 6 aromatic rings. The van der Waals surface area contributed by atoms with Crippen LogP contribution in [-0.4, -0.2) is 104 Å². The van der Waals surface area contributed by atoms with Gasteiger partial charge in [0.05, 0.1) is 33.8 Å². The van der Waals surface area contributed by atoms with Crippen molar-refractivity contribution in [3.8, 4) is 0 Å². The van der Waals surface area contributed by atoms with Crippen molar-refractivity contribution in [1.82, 2.24) is 9.80 Å². The number of carbonyl (C=O) groups excluding carboxylic acids is 3. The van der Waals surface area contributed by atoms with Crippen LogP contribution in [0.4, 0.5) is 17.1 Å². The summed E-state index contributed by atoms with van der Waals surface area (Å²) in [5.41, 5.74) is 18.2. The first-order chi connectivity index (χ1) is 41.9. The zero-order valence-electron chi connectivity index (χ0n) is 48.8. The molecule has 14 nitrogen and oxygen atoms in total. The molecule has 0 atom stereocenters. The number of hydrogen-bond donors (Lipinski definition) is 3. The molecule has 3 N–H and O–H groups in total. The summed E-state index contributed by atoms with van der Waals surface area (Å²) in [5.74, 6) is 0.321. The van der Waals surface area contributed by atoms with Crippen LogP contribution in [0.25, 0.3) is 16.7 Å². The highest BCUT2D eigenvalue weighted by molar-refractivity contribution is 9.11. The summed E-state index contributed by atoms with van der Waals surface area (Å²) in [6.45, 7) is 8.98. The molecule has 6 aromatic carbocycles. The van der Waals surface area contributed by atoms with Gasteiger partial charge in [-0.1, -0.05) is 169 Å². The number of benzene rings is 6. The first kappa shape index (κ1) is 60.4. The number of carbonyl (C=O) groups is 3. The van der Waals surface area contributed by atoms with E-state index in [9.17, 15) is 14.4 Å². The number of fused-ring (bicyclic) bond motifs is 6. The molecule has 0 amide bonds. The molecule has 4 heterocycles. The van der Waals surface area contributed by atoms with Crippen LogP contribution in [0.1, 0.15) is 109 Å². The number of Topliss-reactive ketones (excluding diaryl/α,β-unsaturated/α-hetero) is 3. The van der Waals surface area contributed by atoms with E-state index in [1.54, 1.807) is 0 Å². The van der Waals surface area contributed by atoms with E-state index in [1.165, 1.54) is 12.8 Å². The molecule has 0 radical (unpaired) electrons. The van der Waals surface area contributed by atoms with Crippen molar-refractivity contribution in [1.29, 1.82) is 0 Å². The van der Waals surface area contributed by atoms with Gasteiger partial charge in [0.15, 0.2) is 17.3 Å². The minimum absolute atomic E-state index is 0.106. The Morgan fingerprint density at radius 1 is 0.477 bits per heavy atom. The van der Waals surface area contributed by atoms with Gasteiger partial charge in [0.1, 0.15) is 37.0 Å². The average molecular weight is 1350 g/mol. The van der Waals surface area contributed by atoms with Crippen molar-refractivity contribution >= 4 is 116 Å². The Bertz CT molecular complexity index is 3820. The first-order valence-corrected chi connectivity index (χ1v) is 32.0. The molecular weight excluding hydrogens is 1280 g/mol. The molecule has 0 unspecified atom stereocenters. The second-order valence-electron chi connectivity index (χ2n) is 22.4. The maximum absolute atomic E-state index is 13.0. The number of allylic oxidation sites excluding steroid dienone is 6. The van der Waals surface area contributed by atoms with Crippen molar-refractivity contribution in [2.75, 3.05) is 69.5 Å². The van der Waals surface area contributed by atoms with Gasteiger partial charge in [0, 0.05) is 79.0 Å². The van der Waals surface area contributed by atoms with Crippen LogP contribution in [0, 0.1) is 0 Å². The van der Waals surface area contributed by atoms with Gasteiger partial charge < -0.3 is 35.4 Å². The zero-order chi connectivity index (χ0) is 59.8. The molecule has 7 aliphatic rings. The number of anilines is 3. The number of ketones is 3. The third-order valence-electron chi connectivity index (χ3n) is 16.4. The van der Waals surface area contributed by atoms with E-state index in [1.807, 2.05) is 127 Å². The summed E-state index contributed by atoms with van der Waals surface area (Å²) in [7, 11) is 4.32. The molecule has 442 valence electrons. The minimum Gasteiger partial charge on any atom is -0.395 e. The van der Waals surface area contributed by atoms with Crippen molar-refractivity contribution in [2.45, 2.75) is 84.1 Å². The number of likely N-dealkylation sites (tertiary alicyclic amines) is 1. The number of halogens is 3. The molecule has 3 aliphatic carbocycles. The maximum atomic E-state index is 13.0. The molecule has 86 heavy (non-hydrogen) atoms. The van der Waals surface area contributed by atoms with Gasteiger partial charge in [-0.05, 0) is 141 Å². The van der Waals surface area contributed by atoms with E-state index in [0.717, 1.165) is 149 Å². The topological polar surface area (TPSA) is 159 Å². The Morgan fingerprint density at radius 2 is 0.837 bits per heavy atom. The summed E-state index contributed by atoms with van der Waals surface area (Å²) in [6.07, 6.45) is 8.86. The number of hydrogen-bond acceptors (Lipinski definition) is 14. The molecule has 4 aliphatic heterocycles. The lowest BCUT2D eigenvalue weighted by Gasteiger charge is -2.34. The Labute approximate surface area is 528 Å². The standard InChI is InChI=1S/C26H29BrN4O2.C22H21BrN2O2.C21H19BrN2O2/c1-30(2)19-9-11-31(12-10-19)13-14-33-29-25-20-5-3-4-6-22(20)28-26(25)24-21-16-18(27)8-7-17(21)15-23(24)32;1-2-3-6-11-27-25-21-16-7-4-5-8-18(16)24-22(21)20-17-13-15(23)10-9-14(17)12-19(20)26;1-2-3-10-26-24-20-15-6-4-5-7-17(15)23-21(20)19-16-12-14(22)9-8-13(16)11-18(19)25/h3-8,16,19,28H,9-15H2,1-2H3;4-5,7-10,13,24H,2-3,6,11-12H2,1H3;4-9,12,23H,2-3,10-11H2,1H3/b26-24-,29-25+;22-20-,25-21+;21-19-,24-20+. The summed E-state index contributed by atoms with van der Waals surface area (Å²) in [6, 6.07) is 42.5. The van der Waals surface area contributed by atoms with Crippen LogP contribution in [0.2, 0.25) is 0 Å². The van der Waals surface area contributed by atoms with Crippen molar-refractivity contribution in [3.63, 3.8) is 0 Å².